The van der Waals surface area contributed by atoms with E-state index in [-0.39, 0.29) is 11.9 Å². The maximum Gasteiger partial charge on any atom is 0.251 e. The summed E-state index contributed by atoms with van der Waals surface area (Å²) in [7, 11) is 0. The number of ether oxygens (including phenoxy) is 1. The Morgan fingerprint density at radius 1 is 1.23 bits per heavy atom. The fraction of sp³-hybridized carbons (Fsp3) is 0.400. The van der Waals surface area contributed by atoms with Crippen molar-refractivity contribution >= 4 is 17.5 Å². The number of fused-ring (bicyclic) bond motifs is 3. The van der Waals surface area contributed by atoms with Crippen LogP contribution in [0.15, 0.2) is 42.6 Å². The van der Waals surface area contributed by atoms with Crippen LogP contribution in [0.4, 0.5) is 0 Å². The fourth-order valence-corrected chi connectivity index (χ4v) is 4.17. The van der Waals surface area contributed by atoms with Crippen molar-refractivity contribution in [3.05, 3.63) is 53.2 Å². The van der Waals surface area contributed by atoms with Gasteiger partial charge >= 0.3 is 0 Å². The maximum absolute atomic E-state index is 12.7. The van der Waals surface area contributed by atoms with Crippen LogP contribution in [0.5, 0.6) is 11.6 Å². The molecule has 0 spiro atoms. The average molecular weight is 372 g/mol. The van der Waals surface area contributed by atoms with Gasteiger partial charge in [0.1, 0.15) is 10.8 Å². The third-order valence-electron chi connectivity index (χ3n) is 5.53. The molecule has 2 atom stereocenters. The van der Waals surface area contributed by atoms with E-state index in [2.05, 4.69) is 22.1 Å². The monoisotopic (exact) mass is 371 g/mol. The Labute approximate surface area is 158 Å². The Hall–Kier alpha value is -2.11. The minimum Gasteiger partial charge on any atom is -0.438 e. The molecule has 0 unspecified atom stereocenters. The molecule has 0 saturated carbocycles. The van der Waals surface area contributed by atoms with E-state index in [1.54, 1.807) is 42.6 Å². The molecule has 1 N–H and O–H groups in total. The highest BCUT2D eigenvalue weighted by molar-refractivity contribution is 6.31. The molecular formula is C20H22ClN3O2. The molecule has 3 aliphatic rings. The summed E-state index contributed by atoms with van der Waals surface area (Å²) in [6.07, 6.45) is 3.97. The Balaban J connectivity index is 1.42. The van der Waals surface area contributed by atoms with Crippen LogP contribution in [0, 0.1) is 5.92 Å². The van der Waals surface area contributed by atoms with Crippen molar-refractivity contribution in [1.29, 1.82) is 0 Å². The second kappa shape index (κ2) is 7.25. The van der Waals surface area contributed by atoms with Crippen molar-refractivity contribution in [1.82, 2.24) is 15.2 Å². The molecule has 2 aromatic rings. The van der Waals surface area contributed by atoms with Gasteiger partial charge in [0.05, 0.1) is 0 Å². The lowest BCUT2D eigenvalue weighted by Crippen LogP contribution is -2.62. The molecular weight excluding hydrogens is 350 g/mol. The molecule has 0 aliphatic carbocycles. The van der Waals surface area contributed by atoms with E-state index in [1.807, 2.05) is 0 Å². The molecule has 26 heavy (non-hydrogen) atoms. The minimum atomic E-state index is -0.0296. The Morgan fingerprint density at radius 3 is 2.62 bits per heavy atom. The number of aromatic nitrogens is 1. The van der Waals surface area contributed by atoms with Gasteiger partial charge < -0.3 is 10.1 Å². The van der Waals surface area contributed by atoms with Crippen LogP contribution in [0.2, 0.25) is 5.02 Å². The molecule has 4 heterocycles. The van der Waals surface area contributed by atoms with E-state index in [0.29, 0.717) is 34.2 Å². The smallest absolute Gasteiger partial charge is 0.251 e. The number of rotatable bonds is 4. The Morgan fingerprint density at radius 2 is 1.96 bits per heavy atom. The predicted octanol–water partition coefficient (Wildman–Crippen LogP) is 3.74. The lowest BCUT2D eigenvalue weighted by Gasteiger charge is -2.49. The van der Waals surface area contributed by atoms with Crippen LogP contribution in [-0.2, 0) is 0 Å². The molecule has 1 aromatic heterocycles. The van der Waals surface area contributed by atoms with Crippen molar-refractivity contribution < 1.29 is 9.53 Å². The summed E-state index contributed by atoms with van der Waals surface area (Å²) in [5.41, 5.74) is 0.633. The third-order valence-corrected chi connectivity index (χ3v) is 5.82. The standard InChI is InChI=1S/C20H22ClN3O2/c1-13-18(14-8-11-24(13)12-9-14)23-19(25)15-4-6-16(7-5-15)26-20-17(21)3-2-10-22-20/h2-7,10,13-14,18H,8-9,11-12H2,1H3,(H,23,25)/t13-,18-/m0/s1. The lowest BCUT2D eigenvalue weighted by atomic mass is 9.79. The quantitative estimate of drug-likeness (QED) is 0.889. The normalized spacial score (nSPS) is 27.2. The molecule has 3 aliphatic heterocycles. The van der Waals surface area contributed by atoms with E-state index in [9.17, 15) is 4.79 Å². The van der Waals surface area contributed by atoms with Crippen LogP contribution in [-0.4, -0.2) is 41.0 Å². The van der Waals surface area contributed by atoms with Gasteiger partial charge in [-0.05, 0) is 75.2 Å². The van der Waals surface area contributed by atoms with Gasteiger partial charge in [-0.2, -0.15) is 0 Å². The number of hydrogen-bond acceptors (Lipinski definition) is 4. The highest BCUT2D eigenvalue weighted by Gasteiger charge is 2.40. The zero-order valence-electron chi connectivity index (χ0n) is 14.7. The summed E-state index contributed by atoms with van der Waals surface area (Å²) in [5.74, 6) is 1.51. The number of amides is 1. The fourth-order valence-electron chi connectivity index (χ4n) is 4.01. The maximum atomic E-state index is 12.7. The van der Waals surface area contributed by atoms with Gasteiger partial charge in [0.25, 0.3) is 5.91 Å². The number of carbonyl (C=O) groups is 1. The molecule has 3 fully saturated rings. The van der Waals surface area contributed by atoms with Gasteiger partial charge in [0, 0.05) is 23.8 Å². The first-order valence-electron chi connectivity index (χ1n) is 9.05. The van der Waals surface area contributed by atoms with E-state index in [4.69, 9.17) is 16.3 Å². The summed E-state index contributed by atoms with van der Waals surface area (Å²) in [6, 6.07) is 11.2. The summed E-state index contributed by atoms with van der Waals surface area (Å²) >= 11 is 6.05. The van der Waals surface area contributed by atoms with Gasteiger partial charge in [0.2, 0.25) is 5.88 Å². The zero-order valence-corrected chi connectivity index (χ0v) is 15.4. The lowest BCUT2D eigenvalue weighted by molar-refractivity contribution is 0.0217. The van der Waals surface area contributed by atoms with Gasteiger partial charge in [-0.1, -0.05) is 11.6 Å². The second-order valence-electron chi connectivity index (χ2n) is 7.03. The van der Waals surface area contributed by atoms with Crippen LogP contribution < -0.4 is 10.1 Å². The number of pyridine rings is 1. The molecule has 3 saturated heterocycles. The van der Waals surface area contributed by atoms with Crippen molar-refractivity contribution in [3.8, 4) is 11.6 Å². The number of nitrogens with zero attached hydrogens (tertiary/aromatic N) is 2. The van der Waals surface area contributed by atoms with E-state index >= 15 is 0 Å². The molecule has 5 nitrogen and oxygen atoms in total. The highest BCUT2D eigenvalue weighted by Crippen LogP contribution is 2.32. The molecule has 6 heteroatoms. The van der Waals surface area contributed by atoms with E-state index in [0.717, 1.165) is 13.1 Å². The topological polar surface area (TPSA) is 54.5 Å². The molecule has 1 aromatic carbocycles. The van der Waals surface area contributed by atoms with Gasteiger partial charge in [-0.15, -0.1) is 0 Å². The SMILES string of the molecule is C[C@H]1[C@H](NC(=O)c2ccc(Oc3ncccc3Cl)cc2)C2CCN1CC2. The van der Waals surface area contributed by atoms with Gasteiger partial charge in [-0.3, -0.25) is 9.69 Å². The number of halogens is 1. The summed E-state index contributed by atoms with van der Waals surface area (Å²) in [4.78, 5) is 19.2. The van der Waals surface area contributed by atoms with Gasteiger partial charge in [0.15, 0.2) is 0 Å². The van der Waals surface area contributed by atoms with Crippen LogP contribution in [0.1, 0.15) is 30.1 Å². The minimum absolute atomic E-state index is 0.0296. The van der Waals surface area contributed by atoms with Gasteiger partial charge in [-0.25, -0.2) is 4.98 Å². The largest absolute Gasteiger partial charge is 0.438 e. The van der Waals surface area contributed by atoms with Crippen LogP contribution in [0.25, 0.3) is 0 Å². The zero-order chi connectivity index (χ0) is 18.1. The summed E-state index contributed by atoms with van der Waals surface area (Å²) < 4.78 is 5.67. The van der Waals surface area contributed by atoms with Crippen molar-refractivity contribution in [2.24, 2.45) is 5.92 Å². The third kappa shape index (κ3) is 3.41. The average Bonchev–Trinajstić information content (AvgIpc) is 2.67. The van der Waals surface area contributed by atoms with Crippen LogP contribution >= 0.6 is 11.6 Å². The van der Waals surface area contributed by atoms with Crippen molar-refractivity contribution in [2.45, 2.75) is 31.8 Å². The molecule has 136 valence electrons. The summed E-state index contributed by atoms with van der Waals surface area (Å²) in [6.45, 7) is 4.52. The highest BCUT2D eigenvalue weighted by atomic mass is 35.5. The molecule has 2 bridgehead atoms. The molecule has 1 amide bonds. The Kier molecular flexibility index (Phi) is 4.83. The van der Waals surface area contributed by atoms with Crippen molar-refractivity contribution in [3.63, 3.8) is 0 Å². The van der Waals surface area contributed by atoms with E-state index in [1.165, 1.54) is 12.8 Å². The van der Waals surface area contributed by atoms with Crippen molar-refractivity contribution in [2.75, 3.05) is 13.1 Å². The first-order valence-corrected chi connectivity index (χ1v) is 9.43. The molecule has 5 rings (SSSR count). The first kappa shape index (κ1) is 17.3. The number of nitrogens with one attached hydrogen (secondary N) is 1. The number of piperidine rings is 3. The van der Waals surface area contributed by atoms with Crippen LogP contribution in [0.3, 0.4) is 0 Å². The second-order valence-corrected chi connectivity index (χ2v) is 7.44. The number of carbonyl (C=O) groups excluding carboxylic acids is 1. The number of hydrogen-bond donors (Lipinski definition) is 1. The Bertz CT molecular complexity index is 786. The first-order chi connectivity index (χ1) is 12.6. The number of benzene rings is 1. The molecule has 0 radical (unpaired) electrons. The summed E-state index contributed by atoms with van der Waals surface area (Å²) in [5, 5.41) is 3.69. The predicted molar refractivity (Wildman–Crippen MR) is 101 cm³/mol. The van der Waals surface area contributed by atoms with E-state index < -0.39 is 0 Å².